The first-order chi connectivity index (χ1) is 11.7. The second-order valence-corrected chi connectivity index (χ2v) is 6.12. The summed E-state index contributed by atoms with van der Waals surface area (Å²) in [5, 5.41) is 0. The fourth-order valence-corrected chi connectivity index (χ4v) is 2.92. The molecule has 0 aliphatic carbocycles. The summed E-state index contributed by atoms with van der Waals surface area (Å²) in [6.07, 6.45) is 7.24. The van der Waals surface area contributed by atoms with Crippen molar-refractivity contribution in [1.29, 1.82) is 0 Å². The van der Waals surface area contributed by atoms with E-state index in [-0.39, 0.29) is 6.03 Å². The molecular weight excluding hydrogens is 302 g/mol. The molecule has 3 rings (SSSR count). The Kier molecular flexibility index (Phi) is 5.38. The van der Waals surface area contributed by atoms with Crippen LogP contribution in [0.2, 0.25) is 0 Å². The van der Waals surface area contributed by atoms with Gasteiger partial charge in [0, 0.05) is 71.1 Å². The van der Waals surface area contributed by atoms with Crippen molar-refractivity contribution in [2.45, 2.75) is 13.1 Å². The molecule has 0 saturated carbocycles. The third kappa shape index (κ3) is 4.29. The number of carbonyl (C=O) groups excluding carboxylic acids is 1. The van der Waals surface area contributed by atoms with E-state index in [0.29, 0.717) is 6.54 Å². The Labute approximate surface area is 142 Å². The molecule has 0 N–H and O–H groups in total. The number of amides is 2. The van der Waals surface area contributed by atoms with Gasteiger partial charge >= 0.3 is 6.03 Å². The lowest BCUT2D eigenvalue weighted by molar-refractivity contribution is 0.114. The Morgan fingerprint density at radius 1 is 1.04 bits per heavy atom. The fraction of sp³-hybridized carbons (Fsp3) is 0.389. The fourth-order valence-electron chi connectivity index (χ4n) is 2.92. The number of urea groups is 1. The van der Waals surface area contributed by atoms with Crippen molar-refractivity contribution in [3.05, 3.63) is 60.2 Å². The molecule has 1 aliphatic heterocycles. The Balaban J connectivity index is 1.48. The Bertz CT molecular complexity index is 641. The zero-order chi connectivity index (χ0) is 16.8. The van der Waals surface area contributed by atoms with Crippen molar-refractivity contribution in [1.82, 2.24) is 24.7 Å². The van der Waals surface area contributed by atoms with Gasteiger partial charge in [-0.3, -0.25) is 14.9 Å². The van der Waals surface area contributed by atoms with E-state index in [1.54, 1.807) is 23.5 Å². The van der Waals surface area contributed by atoms with E-state index in [4.69, 9.17) is 0 Å². The van der Waals surface area contributed by atoms with Crippen LogP contribution in [0, 0.1) is 0 Å². The molecule has 0 bridgehead atoms. The van der Waals surface area contributed by atoms with Crippen LogP contribution in [-0.4, -0.2) is 63.9 Å². The first-order valence-corrected chi connectivity index (χ1v) is 8.22. The second-order valence-electron chi connectivity index (χ2n) is 6.12. The Morgan fingerprint density at radius 2 is 1.67 bits per heavy atom. The average molecular weight is 325 g/mol. The van der Waals surface area contributed by atoms with Crippen LogP contribution < -0.4 is 0 Å². The van der Waals surface area contributed by atoms with E-state index in [1.807, 2.05) is 36.3 Å². The van der Waals surface area contributed by atoms with Crippen molar-refractivity contribution in [2.75, 3.05) is 33.2 Å². The van der Waals surface area contributed by atoms with Gasteiger partial charge < -0.3 is 9.80 Å². The molecule has 0 atom stereocenters. The van der Waals surface area contributed by atoms with Gasteiger partial charge in [0.2, 0.25) is 0 Å². The van der Waals surface area contributed by atoms with Gasteiger partial charge in [0.05, 0.1) is 0 Å². The zero-order valence-electron chi connectivity index (χ0n) is 14.0. The molecule has 6 heteroatoms. The largest absolute Gasteiger partial charge is 0.323 e. The second kappa shape index (κ2) is 7.88. The molecule has 1 fully saturated rings. The van der Waals surface area contributed by atoms with E-state index in [0.717, 1.165) is 38.3 Å². The van der Waals surface area contributed by atoms with E-state index in [1.165, 1.54) is 5.56 Å². The maximum atomic E-state index is 12.6. The highest BCUT2D eigenvalue weighted by Gasteiger charge is 2.23. The molecule has 24 heavy (non-hydrogen) atoms. The number of nitrogens with zero attached hydrogens (tertiary/aromatic N) is 5. The van der Waals surface area contributed by atoms with E-state index in [2.05, 4.69) is 20.9 Å². The predicted molar refractivity (Wildman–Crippen MR) is 92.2 cm³/mol. The van der Waals surface area contributed by atoms with E-state index in [9.17, 15) is 4.79 Å². The number of aromatic nitrogens is 2. The van der Waals surface area contributed by atoms with E-state index >= 15 is 0 Å². The molecule has 1 aliphatic rings. The van der Waals surface area contributed by atoms with Crippen molar-refractivity contribution in [2.24, 2.45) is 0 Å². The molecule has 2 aromatic heterocycles. The highest BCUT2D eigenvalue weighted by atomic mass is 16.2. The lowest BCUT2D eigenvalue weighted by Gasteiger charge is -2.36. The highest BCUT2D eigenvalue weighted by molar-refractivity contribution is 5.74. The summed E-state index contributed by atoms with van der Waals surface area (Å²) in [6.45, 7) is 4.78. The lowest BCUT2D eigenvalue weighted by atomic mass is 10.2. The third-order valence-corrected chi connectivity index (χ3v) is 4.24. The first kappa shape index (κ1) is 16.4. The van der Waals surface area contributed by atoms with Crippen LogP contribution in [0.5, 0.6) is 0 Å². The van der Waals surface area contributed by atoms with Crippen LogP contribution in [-0.2, 0) is 13.1 Å². The minimum Gasteiger partial charge on any atom is -0.323 e. The van der Waals surface area contributed by atoms with Gasteiger partial charge in [-0.1, -0.05) is 12.1 Å². The summed E-state index contributed by atoms with van der Waals surface area (Å²) in [7, 11) is 1.84. The number of carbonyl (C=O) groups is 1. The van der Waals surface area contributed by atoms with Gasteiger partial charge in [0.1, 0.15) is 0 Å². The SMILES string of the molecule is CN(Cc1cccnc1)C(=O)N1CCN(Cc2cccnc2)CC1. The van der Waals surface area contributed by atoms with Crippen molar-refractivity contribution in [3.8, 4) is 0 Å². The summed E-state index contributed by atoms with van der Waals surface area (Å²) in [5.74, 6) is 0. The average Bonchev–Trinajstić information content (AvgIpc) is 2.63. The summed E-state index contributed by atoms with van der Waals surface area (Å²) < 4.78 is 0. The third-order valence-electron chi connectivity index (χ3n) is 4.24. The molecule has 0 radical (unpaired) electrons. The molecule has 2 amide bonds. The molecule has 1 saturated heterocycles. The van der Waals surface area contributed by atoms with Crippen molar-refractivity contribution >= 4 is 6.03 Å². The molecule has 0 spiro atoms. The minimum absolute atomic E-state index is 0.0832. The van der Waals surface area contributed by atoms with Crippen LogP contribution in [0.4, 0.5) is 4.79 Å². The van der Waals surface area contributed by atoms with Gasteiger partial charge in [0.15, 0.2) is 0 Å². The molecule has 126 valence electrons. The van der Waals surface area contributed by atoms with Crippen LogP contribution in [0.25, 0.3) is 0 Å². The molecule has 0 unspecified atom stereocenters. The Hall–Kier alpha value is -2.47. The molecule has 2 aromatic rings. The molecule has 0 aromatic carbocycles. The Morgan fingerprint density at radius 3 is 2.25 bits per heavy atom. The summed E-state index contributed by atoms with van der Waals surface area (Å²) in [6, 6.07) is 8.02. The van der Waals surface area contributed by atoms with Gasteiger partial charge in [-0.05, 0) is 23.3 Å². The standard InChI is InChI=1S/C18H23N5O/c1-21(14-16-4-2-6-19-12-16)18(24)23-10-8-22(9-11-23)15-17-5-3-7-20-13-17/h2-7,12-13H,8-11,14-15H2,1H3. The van der Waals surface area contributed by atoms with Crippen molar-refractivity contribution in [3.63, 3.8) is 0 Å². The van der Waals surface area contributed by atoms with Crippen LogP contribution in [0.1, 0.15) is 11.1 Å². The number of hydrogen-bond donors (Lipinski definition) is 0. The smallest absolute Gasteiger partial charge is 0.320 e. The number of hydrogen-bond acceptors (Lipinski definition) is 4. The van der Waals surface area contributed by atoms with Crippen LogP contribution >= 0.6 is 0 Å². The minimum atomic E-state index is 0.0832. The summed E-state index contributed by atoms with van der Waals surface area (Å²) in [5.41, 5.74) is 2.26. The zero-order valence-corrected chi connectivity index (χ0v) is 14.0. The first-order valence-electron chi connectivity index (χ1n) is 8.22. The predicted octanol–water partition coefficient (Wildman–Crippen LogP) is 1.85. The number of piperazine rings is 1. The topological polar surface area (TPSA) is 52.6 Å². The maximum Gasteiger partial charge on any atom is 0.320 e. The van der Waals surface area contributed by atoms with Crippen molar-refractivity contribution < 1.29 is 4.79 Å². The molecule has 3 heterocycles. The lowest BCUT2D eigenvalue weighted by Crippen LogP contribution is -2.51. The highest BCUT2D eigenvalue weighted by Crippen LogP contribution is 2.10. The maximum absolute atomic E-state index is 12.6. The van der Waals surface area contributed by atoms with Crippen LogP contribution in [0.15, 0.2) is 49.1 Å². The summed E-state index contributed by atoms with van der Waals surface area (Å²) in [4.78, 5) is 26.9. The normalized spacial score (nSPS) is 15.3. The number of pyridine rings is 2. The molecular formula is C18H23N5O. The van der Waals surface area contributed by atoms with Crippen LogP contribution in [0.3, 0.4) is 0 Å². The molecule has 6 nitrogen and oxygen atoms in total. The van der Waals surface area contributed by atoms with E-state index < -0.39 is 0 Å². The van der Waals surface area contributed by atoms with Gasteiger partial charge in [-0.2, -0.15) is 0 Å². The summed E-state index contributed by atoms with van der Waals surface area (Å²) >= 11 is 0. The number of rotatable bonds is 4. The quantitative estimate of drug-likeness (QED) is 0.861. The van der Waals surface area contributed by atoms with Gasteiger partial charge in [0.25, 0.3) is 0 Å². The van der Waals surface area contributed by atoms with Gasteiger partial charge in [-0.25, -0.2) is 4.79 Å². The monoisotopic (exact) mass is 325 g/mol. The van der Waals surface area contributed by atoms with Gasteiger partial charge in [-0.15, -0.1) is 0 Å².